The molecule has 0 nitrogen and oxygen atoms in total. The molecule has 0 radical (unpaired) electrons. The van der Waals surface area contributed by atoms with E-state index in [1.807, 2.05) is 0 Å². The van der Waals surface area contributed by atoms with Crippen LogP contribution in [0.25, 0.3) is 0 Å². The maximum Gasteiger partial charge on any atom is -0.0414 e. The number of hydrogen-bond donors (Lipinski definition) is 0. The van der Waals surface area contributed by atoms with Crippen LogP contribution >= 0.6 is 0 Å². The van der Waals surface area contributed by atoms with E-state index in [1.54, 1.807) is 0 Å². The largest absolute Gasteiger partial charge is 0.0654 e. The molecule has 0 amide bonds. The summed E-state index contributed by atoms with van der Waals surface area (Å²) in [5.41, 5.74) is 0. The van der Waals surface area contributed by atoms with Crippen molar-refractivity contribution >= 4 is 0 Å². The van der Waals surface area contributed by atoms with Crippen molar-refractivity contribution in [3.05, 3.63) is 0 Å². The van der Waals surface area contributed by atoms with Gasteiger partial charge in [-0.15, -0.1) is 0 Å². The van der Waals surface area contributed by atoms with Crippen molar-refractivity contribution in [3.8, 4) is 0 Å². The summed E-state index contributed by atoms with van der Waals surface area (Å²) in [7, 11) is 0. The van der Waals surface area contributed by atoms with Gasteiger partial charge < -0.3 is 0 Å². The van der Waals surface area contributed by atoms with Crippen molar-refractivity contribution in [1.82, 2.24) is 0 Å². The van der Waals surface area contributed by atoms with Crippen LogP contribution in [0.3, 0.4) is 0 Å². The molecule has 1 rings (SSSR count). The lowest BCUT2D eigenvalue weighted by Gasteiger charge is -2.10. The smallest absolute Gasteiger partial charge is 0.0414 e. The first-order chi connectivity index (χ1) is 6.33. The molecule has 0 spiro atoms. The molecule has 0 N–H and O–H groups in total. The molecule has 0 saturated heterocycles. The third-order valence-electron chi connectivity index (χ3n) is 3.32. The Hall–Kier alpha value is 0. The Morgan fingerprint density at radius 3 is 2.46 bits per heavy atom. The fourth-order valence-electron chi connectivity index (χ4n) is 1.99. The van der Waals surface area contributed by atoms with Crippen molar-refractivity contribution in [1.29, 1.82) is 0 Å². The van der Waals surface area contributed by atoms with E-state index in [9.17, 15) is 0 Å². The molecule has 1 atom stereocenters. The lowest BCUT2D eigenvalue weighted by atomic mass is 9.97. The summed E-state index contributed by atoms with van der Waals surface area (Å²) in [5, 5.41) is 0. The molecular formula is C13H26. The van der Waals surface area contributed by atoms with Gasteiger partial charge in [0, 0.05) is 0 Å². The van der Waals surface area contributed by atoms with E-state index in [2.05, 4.69) is 13.8 Å². The molecule has 0 aromatic carbocycles. The molecular weight excluding hydrogens is 156 g/mol. The molecule has 0 heterocycles. The minimum absolute atomic E-state index is 0.998. The van der Waals surface area contributed by atoms with Crippen LogP contribution in [-0.4, -0.2) is 0 Å². The molecule has 1 unspecified atom stereocenters. The van der Waals surface area contributed by atoms with E-state index in [0.717, 1.165) is 11.8 Å². The van der Waals surface area contributed by atoms with Gasteiger partial charge in [-0.05, 0) is 11.8 Å². The highest BCUT2D eigenvalue weighted by Crippen LogP contribution is 2.35. The van der Waals surface area contributed by atoms with Gasteiger partial charge in [0.2, 0.25) is 0 Å². The van der Waals surface area contributed by atoms with E-state index in [0.29, 0.717) is 0 Å². The minimum atomic E-state index is 0.998. The first-order valence-corrected chi connectivity index (χ1v) is 6.33. The quantitative estimate of drug-likeness (QED) is 0.474. The van der Waals surface area contributed by atoms with Crippen LogP contribution in [-0.2, 0) is 0 Å². The average molecular weight is 182 g/mol. The monoisotopic (exact) mass is 182 g/mol. The summed E-state index contributed by atoms with van der Waals surface area (Å²) in [5.74, 6) is 2.13. The van der Waals surface area contributed by atoms with Gasteiger partial charge in [-0.25, -0.2) is 0 Å². The summed E-state index contributed by atoms with van der Waals surface area (Å²) in [6, 6.07) is 0. The topological polar surface area (TPSA) is 0 Å². The SMILES string of the molecule is CCCCCCC(C)CCC1CC1. The van der Waals surface area contributed by atoms with Gasteiger partial charge >= 0.3 is 0 Å². The Labute approximate surface area is 84.1 Å². The van der Waals surface area contributed by atoms with Crippen LogP contribution in [0.1, 0.15) is 71.6 Å². The Balaban J connectivity index is 1.81. The minimum Gasteiger partial charge on any atom is -0.0654 e. The Kier molecular flexibility index (Phi) is 5.50. The third-order valence-corrected chi connectivity index (χ3v) is 3.32. The van der Waals surface area contributed by atoms with E-state index in [-0.39, 0.29) is 0 Å². The molecule has 0 aliphatic heterocycles. The first kappa shape index (κ1) is 11.1. The number of rotatable bonds is 8. The standard InChI is InChI=1S/C13H26/c1-3-4-5-6-7-12(2)8-9-13-10-11-13/h12-13H,3-11H2,1-2H3. The summed E-state index contributed by atoms with van der Waals surface area (Å²) >= 11 is 0. The zero-order valence-corrected chi connectivity index (χ0v) is 9.52. The third kappa shape index (κ3) is 6.12. The molecule has 1 saturated carbocycles. The second-order valence-corrected chi connectivity index (χ2v) is 4.98. The average Bonchev–Trinajstić information content (AvgIpc) is 2.92. The molecule has 1 aliphatic rings. The fourth-order valence-corrected chi connectivity index (χ4v) is 1.99. The molecule has 0 heteroatoms. The molecule has 78 valence electrons. The van der Waals surface area contributed by atoms with E-state index in [1.165, 1.54) is 57.8 Å². The van der Waals surface area contributed by atoms with Crippen LogP contribution in [0.2, 0.25) is 0 Å². The van der Waals surface area contributed by atoms with Crippen molar-refractivity contribution in [3.63, 3.8) is 0 Å². The zero-order valence-electron chi connectivity index (χ0n) is 9.52. The molecule has 0 aromatic rings. The van der Waals surface area contributed by atoms with Crippen LogP contribution in [0.5, 0.6) is 0 Å². The van der Waals surface area contributed by atoms with Crippen LogP contribution in [0.4, 0.5) is 0 Å². The predicted octanol–water partition coefficient (Wildman–Crippen LogP) is 4.78. The van der Waals surface area contributed by atoms with Crippen molar-refractivity contribution < 1.29 is 0 Å². The molecule has 13 heavy (non-hydrogen) atoms. The number of unbranched alkanes of at least 4 members (excludes halogenated alkanes) is 3. The summed E-state index contributed by atoms with van der Waals surface area (Å²) in [4.78, 5) is 0. The van der Waals surface area contributed by atoms with Crippen LogP contribution in [0, 0.1) is 11.8 Å². The van der Waals surface area contributed by atoms with Gasteiger partial charge in [0.25, 0.3) is 0 Å². The summed E-state index contributed by atoms with van der Waals surface area (Å²) in [6.07, 6.45) is 13.3. The highest BCUT2D eigenvalue weighted by atomic mass is 14.3. The Bertz CT molecular complexity index is 113. The summed E-state index contributed by atoms with van der Waals surface area (Å²) in [6.45, 7) is 4.73. The molecule has 1 fully saturated rings. The lowest BCUT2D eigenvalue weighted by molar-refractivity contribution is 0.435. The van der Waals surface area contributed by atoms with Crippen molar-refractivity contribution in [2.75, 3.05) is 0 Å². The predicted molar refractivity (Wildman–Crippen MR) is 59.9 cm³/mol. The van der Waals surface area contributed by atoms with Gasteiger partial charge in [-0.1, -0.05) is 71.6 Å². The van der Waals surface area contributed by atoms with Crippen molar-refractivity contribution in [2.45, 2.75) is 71.6 Å². The van der Waals surface area contributed by atoms with Gasteiger partial charge in [0.15, 0.2) is 0 Å². The lowest BCUT2D eigenvalue weighted by Crippen LogP contribution is -1.95. The number of hydrogen-bond acceptors (Lipinski definition) is 0. The van der Waals surface area contributed by atoms with E-state index < -0.39 is 0 Å². The molecule has 0 bridgehead atoms. The normalized spacial score (nSPS) is 18.9. The van der Waals surface area contributed by atoms with E-state index >= 15 is 0 Å². The first-order valence-electron chi connectivity index (χ1n) is 6.33. The zero-order chi connectivity index (χ0) is 9.52. The highest BCUT2D eigenvalue weighted by Gasteiger charge is 2.21. The Morgan fingerprint density at radius 1 is 1.08 bits per heavy atom. The van der Waals surface area contributed by atoms with Crippen molar-refractivity contribution in [2.24, 2.45) is 11.8 Å². The highest BCUT2D eigenvalue weighted by molar-refractivity contribution is 4.73. The van der Waals surface area contributed by atoms with Crippen LogP contribution in [0.15, 0.2) is 0 Å². The van der Waals surface area contributed by atoms with Gasteiger partial charge in [0.05, 0.1) is 0 Å². The molecule has 0 aromatic heterocycles. The van der Waals surface area contributed by atoms with Gasteiger partial charge in [-0.2, -0.15) is 0 Å². The Morgan fingerprint density at radius 2 is 1.85 bits per heavy atom. The van der Waals surface area contributed by atoms with E-state index in [4.69, 9.17) is 0 Å². The second-order valence-electron chi connectivity index (χ2n) is 4.98. The van der Waals surface area contributed by atoms with Crippen LogP contribution < -0.4 is 0 Å². The van der Waals surface area contributed by atoms with Gasteiger partial charge in [-0.3, -0.25) is 0 Å². The maximum atomic E-state index is 2.44. The maximum absolute atomic E-state index is 2.44. The summed E-state index contributed by atoms with van der Waals surface area (Å²) < 4.78 is 0. The van der Waals surface area contributed by atoms with Gasteiger partial charge in [0.1, 0.15) is 0 Å². The second kappa shape index (κ2) is 6.45. The fraction of sp³-hybridized carbons (Fsp3) is 1.00. The molecule has 1 aliphatic carbocycles.